The van der Waals surface area contributed by atoms with Crippen LogP contribution < -0.4 is 10.1 Å². The van der Waals surface area contributed by atoms with Crippen LogP contribution in [0, 0.1) is 0 Å². The molecule has 0 atom stereocenters. The predicted molar refractivity (Wildman–Crippen MR) is 117 cm³/mol. The predicted octanol–water partition coefficient (Wildman–Crippen LogP) is 4.18. The van der Waals surface area contributed by atoms with Crippen molar-refractivity contribution < 1.29 is 17.9 Å². The Balaban J connectivity index is 1.84. The Hall–Kier alpha value is -2.87. The zero-order chi connectivity index (χ0) is 21.6. The minimum absolute atomic E-state index is 0.0277. The molecular formula is C22H21ClN2O4S. The molecule has 0 radical (unpaired) electrons. The van der Waals surface area contributed by atoms with E-state index >= 15 is 0 Å². The Bertz CT molecular complexity index is 1100. The molecule has 0 aliphatic rings. The number of anilines is 1. The third-order valence-corrected chi connectivity index (χ3v) is 6.38. The second-order valence-corrected chi connectivity index (χ2v) is 8.87. The SMILES string of the molecule is COc1cccc(NC(=O)CN(Cc2ccc(Cl)cc2)S(=O)(=O)c2ccccc2)c1. The van der Waals surface area contributed by atoms with E-state index in [1.54, 1.807) is 66.7 Å². The van der Waals surface area contributed by atoms with Crippen LogP contribution >= 0.6 is 11.6 Å². The number of carbonyl (C=O) groups excluding carboxylic acids is 1. The van der Waals surface area contributed by atoms with E-state index in [2.05, 4.69) is 5.32 Å². The molecule has 0 bridgehead atoms. The molecule has 30 heavy (non-hydrogen) atoms. The Morgan fingerprint density at radius 2 is 1.70 bits per heavy atom. The van der Waals surface area contributed by atoms with Gasteiger partial charge in [0.2, 0.25) is 15.9 Å². The van der Waals surface area contributed by atoms with Crippen molar-refractivity contribution in [2.75, 3.05) is 19.0 Å². The smallest absolute Gasteiger partial charge is 0.243 e. The first-order chi connectivity index (χ1) is 14.4. The first kappa shape index (κ1) is 21.8. The Morgan fingerprint density at radius 3 is 2.37 bits per heavy atom. The lowest BCUT2D eigenvalue weighted by Gasteiger charge is -2.22. The van der Waals surface area contributed by atoms with Crippen LogP contribution in [-0.2, 0) is 21.4 Å². The topological polar surface area (TPSA) is 75.7 Å². The summed E-state index contributed by atoms with van der Waals surface area (Å²) in [6, 6.07) is 21.7. The maximum absolute atomic E-state index is 13.2. The summed E-state index contributed by atoms with van der Waals surface area (Å²) in [5.41, 5.74) is 1.23. The number of benzene rings is 3. The average molecular weight is 445 g/mol. The van der Waals surface area contributed by atoms with Crippen molar-refractivity contribution in [2.24, 2.45) is 0 Å². The van der Waals surface area contributed by atoms with E-state index < -0.39 is 15.9 Å². The molecule has 0 heterocycles. The third kappa shape index (κ3) is 5.60. The van der Waals surface area contributed by atoms with Gasteiger partial charge in [0.15, 0.2) is 0 Å². The number of methoxy groups -OCH3 is 1. The molecule has 8 heteroatoms. The molecule has 0 unspecified atom stereocenters. The highest BCUT2D eigenvalue weighted by atomic mass is 35.5. The van der Waals surface area contributed by atoms with Crippen molar-refractivity contribution >= 4 is 33.2 Å². The molecule has 0 aliphatic heterocycles. The number of hydrogen-bond donors (Lipinski definition) is 1. The molecule has 3 aromatic rings. The van der Waals surface area contributed by atoms with E-state index in [0.29, 0.717) is 22.0 Å². The molecule has 0 aliphatic carbocycles. The van der Waals surface area contributed by atoms with Crippen LogP contribution in [0.2, 0.25) is 5.02 Å². The van der Waals surface area contributed by atoms with Crippen LogP contribution in [0.3, 0.4) is 0 Å². The van der Waals surface area contributed by atoms with Crippen molar-refractivity contribution in [1.82, 2.24) is 4.31 Å². The van der Waals surface area contributed by atoms with Crippen molar-refractivity contribution in [3.8, 4) is 5.75 Å². The number of ether oxygens (including phenoxy) is 1. The maximum Gasteiger partial charge on any atom is 0.243 e. The third-order valence-electron chi connectivity index (χ3n) is 4.33. The molecule has 1 amide bonds. The number of carbonyl (C=O) groups is 1. The van der Waals surface area contributed by atoms with Crippen molar-refractivity contribution in [3.63, 3.8) is 0 Å². The number of hydrogen-bond acceptors (Lipinski definition) is 4. The number of amides is 1. The van der Waals surface area contributed by atoms with E-state index in [0.717, 1.165) is 4.31 Å². The normalized spacial score (nSPS) is 11.3. The largest absolute Gasteiger partial charge is 0.497 e. The summed E-state index contributed by atoms with van der Waals surface area (Å²) in [4.78, 5) is 12.8. The molecule has 0 saturated heterocycles. The molecule has 1 N–H and O–H groups in total. The fourth-order valence-electron chi connectivity index (χ4n) is 2.82. The fourth-order valence-corrected chi connectivity index (χ4v) is 4.35. The van der Waals surface area contributed by atoms with Gasteiger partial charge in [-0.05, 0) is 42.0 Å². The lowest BCUT2D eigenvalue weighted by Crippen LogP contribution is -2.37. The van der Waals surface area contributed by atoms with Gasteiger partial charge >= 0.3 is 0 Å². The summed E-state index contributed by atoms with van der Waals surface area (Å²) < 4.78 is 32.7. The van der Waals surface area contributed by atoms with E-state index in [-0.39, 0.29) is 18.0 Å². The van der Waals surface area contributed by atoms with E-state index in [1.165, 1.54) is 19.2 Å². The van der Waals surface area contributed by atoms with Gasteiger partial charge < -0.3 is 10.1 Å². The van der Waals surface area contributed by atoms with Crippen LogP contribution in [0.4, 0.5) is 5.69 Å². The van der Waals surface area contributed by atoms with Gasteiger partial charge in [0.05, 0.1) is 18.6 Å². The first-order valence-corrected chi connectivity index (χ1v) is 10.9. The van der Waals surface area contributed by atoms with E-state index in [4.69, 9.17) is 16.3 Å². The summed E-state index contributed by atoms with van der Waals surface area (Å²) in [5.74, 6) is 0.124. The van der Waals surface area contributed by atoms with Crippen LogP contribution in [0.15, 0.2) is 83.8 Å². The van der Waals surface area contributed by atoms with Gasteiger partial charge in [-0.15, -0.1) is 0 Å². The van der Waals surface area contributed by atoms with Gasteiger partial charge in [0, 0.05) is 23.3 Å². The first-order valence-electron chi connectivity index (χ1n) is 9.12. The maximum atomic E-state index is 13.2. The van der Waals surface area contributed by atoms with Crippen molar-refractivity contribution in [2.45, 2.75) is 11.4 Å². The summed E-state index contributed by atoms with van der Waals surface area (Å²) in [7, 11) is -2.37. The highest BCUT2D eigenvalue weighted by molar-refractivity contribution is 7.89. The highest BCUT2D eigenvalue weighted by Crippen LogP contribution is 2.20. The Morgan fingerprint density at radius 1 is 1.00 bits per heavy atom. The van der Waals surface area contributed by atoms with Crippen LogP contribution in [0.5, 0.6) is 5.75 Å². The van der Waals surface area contributed by atoms with Crippen molar-refractivity contribution in [3.05, 3.63) is 89.4 Å². The molecule has 6 nitrogen and oxygen atoms in total. The molecule has 3 aromatic carbocycles. The molecular weight excluding hydrogens is 424 g/mol. The fraction of sp³-hybridized carbons (Fsp3) is 0.136. The molecule has 0 spiro atoms. The lowest BCUT2D eigenvalue weighted by molar-refractivity contribution is -0.116. The summed E-state index contributed by atoms with van der Waals surface area (Å²) in [6.45, 7) is -0.322. The Kier molecular flexibility index (Phi) is 7.10. The summed E-state index contributed by atoms with van der Waals surface area (Å²) in [5, 5.41) is 3.27. The molecule has 0 fully saturated rings. The molecule has 0 aromatic heterocycles. The Labute approximate surface area is 181 Å². The van der Waals surface area contributed by atoms with Crippen LogP contribution in [0.25, 0.3) is 0 Å². The molecule has 156 valence electrons. The lowest BCUT2D eigenvalue weighted by atomic mass is 10.2. The number of halogens is 1. The van der Waals surface area contributed by atoms with Crippen LogP contribution in [0.1, 0.15) is 5.56 Å². The van der Waals surface area contributed by atoms with Gasteiger partial charge in [0.1, 0.15) is 5.75 Å². The monoisotopic (exact) mass is 444 g/mol. The van der Waals surface area contributed by atoms with Gasteiger partial charge in [-0.25, -0.2) is 8.42 Å². The number of rotatable bonds is 8. The second kappa shape index (κ2) is 9.75. The molecule has 0 saturated carbocycles. The number of sulfonamides is 1. The quantitative estimate of drug-likeness (QED) is 0.565. The van der Waals surface area contributed by atoms with Gasteiger partial charge in [0.25, 0.3) is 0 Å². The molecule has 3 rings (SSSR count). The van der Waals surface area contributed by atoms with Gasteiger partial charge in [-0.3, -0.25) is 4.79 Å². The van der Waals surface area contributed by atoms with Gasteiger partial charge in [-0.1, -0.05) is 48.0 Å². The highest BCUT2D eigenvalue weighted by Gasteiger charge is 2.27. The van der Waals surface area contributed by atoms with Crippen molar-refractivity contribution in [1.29, 1.82) is 0 Å². The van der Waals surface area contributed by atoms with E-state index in [1.807, 2.05) is 0 Å². The second-order valence-electron chi connectivity index (χ2n) is 6.49. The average Bonchev–Trinajstić information content (AvgIpc) is 2.75. The minimum atomic E-state index is -3.89. The van der Waals surface area contributed by atoms with Crippen LogP contribution in [-0.4, -0.2) is 32.3 Å². The number of nitrogens with zero attached hydrogens (tertiary/aromatic N) is 1. The zero-order valence-electron chi connectivity index (χ0n) is 16.3. The standard InChI is InChI=1S/C22H21ClN2O4S/c1-29-20-7-5-6-19(14-20)24-22(26)16-25(15-17-10-12-18(23)13-11-17)30(27,28)21-8-3-2-4-9-21/h2-14H,15-16H2,1H3,(H,24,26). The minimum Gasteiger partial charge on any atom is -0.497 e. The van der Waals surface area contributed by atoms with Gasteiger partial charge in [-0.2, -0.15) is 4.31 Å². The number of nitrogens with one attached hydrogen (secondary N) is 1. The zero-order valence-corrected chi connectivity index (χ0v) is 17.9. The summed E-state index contributed by atoms with van der Waals surface area (Å²) in [6.07, 6.45) is 0. The summed E-state index contributed by atoms with van der Waals surface area (Å²) >= 11 is 5.93. The van der Waals surface area contributed by atoms with E-state index in [9.17, 15) is 13.2 Å².